The number of rotatable bonds is 9. The van der Waals surface area contributed by atoms with Gasteiger partial charge in [-0.2, -0.15) is 11.8 Å². The molecule has 0 aromatic heterocycles. The van der Waals surface area contributed by atoms with E-state index in [0.717, 1.165) is 5.56 Å². The molecule has 0 radical (unpaired) electrons. The summed E-state index contributed by atoms with van der Waals surface area (Å²) >= 11 is 1.42. The molecule has 0 aliphatic rings. The molecule has 8 heteroatoms. The van der Waals surface area contributed by atoms with Crippen LogP contribution in [0.25, 0.3) is 0 Å². The highest BCUT2D eigenvalue weighted by Gasteiger charge is 2.29. The molecule has 0 saturated carbocycles. The minimum absolute atomic E-state index is 0.225. The van der Waals surface area contributed by atoms with Crippen LogP contribution in [-0.2, 0) is 25.5 Å². The van der Waals surface area contributed by atoms with Crippen molar-refractivity contribution in [3.63, 3.8) is 0 Å². The lowest BCUT2D eigenvalue weighted by atomic mass is 10.1. The molecule has 0 saturated heterocycles. The Morgan fingerprint density at radius 2 is 1.71 bits per heavy atom. The topological polar surface area (TPSA) is 93.7 Å². The Labute approximate surface area is 170 Å². The zero-order valence-corrected chi connectivity index (χ0v) is 17.9. The van der Waals surface area contributed by atoms with E-state index in [9.17, 15) is 14.4 Å². The molecular formula is C20H30N2O5S. The van der Waals surface area contributed by atoms with Gasteiger partial charge in [0.1, 0.15) is 17.7 Å². The molecule has 1 aromatic rings. The van der Waals surface area contributed by atoms with Crippen molar-refractivity contribution in [2.45, 2.75) is 51.8 Å². The van der Waals surface area contributed by atoms with Crippen molar-refractivity contribution in [1.29, 1.82) is 0 Å². The second kappa shape index (κ2) is 11.6. The molecule has 0 fully saturated rings. The number of benzene rings is 1. The van der Waals surface area contributed by atoms with Crippen molar-refractivity contribution in [2.24, 2.45) is 0 Å². The monoisotopic (exact) mass is 410 g/mol. The van der Waals surface area contributed by atoms with E-state index in [4.69, 9.17) is 9.47 Å². The summed E-state index contributed by atoms with van der Waals surface area (Å²) in [5, 5.41) is 5.29. The fourth-order valence-electron chi connectivity index (χ4n) is 2.36. The SMILES string of the molecule is CCOC(=O)[C@@H](CSC)NC(=O)[C@@H](Cc1ccccc1)NC(=O)OC(C)(C)C. The van der Waals surface area contributed by atoms with Gasteiger partial charge in [0, 0.05) is 12.2 Å². The van der Waals surface area contributed by atoms with Crippen LogP contribution in [0.3, 0.4) is 0 Å². The molecule has 7 nitrogen and oxygen atoms in total. The van der Waals surface area contributed by atoms with Crippen LogP contribution in [0, 0.1) is 0 Å². The third kappa shape index (κ3) is 9.12. The van der Waals surface area contributed by atoms with Gasteiger partial charge in [-0.15, -0.1) is 0 Å². The first-order valence-corrected chi connectivity index (χ1v) is 10.5. The van der Waals surface area contributed by atoms with Crippen molar-refractivity contribution in [1.82, 2.24) is 10.6 Å². The zero-order chi connectivity index (χ0) is 21.2. The molecule has 2 atom stereocenters. The summed E-state index contributed by atoms with van der Waals surface area (Å²) < 4.78 is 10.3. The van der Waals surface area contributed by atoms with Gasteiger partial charge >= 0.3 is 12.1 Å². The predicted octanol–water partition coefficient (Wildman–Crippen LogP) is 2.53. The van der Waals surface area contributed by atoms with E-state index in [0.29, 0.717) is 5.75 Å². The molecule has 0 heterocycles. The largest absolute Gasteiger partial charge is 0.464 e. The Bertz CT molecular complexity index is 646. The van der Waals surface area contributed by atoms with Crippen LogP contribution >= 0.6 is 11.8 Å². The van der Waals surface area contributed by atoms with Gasteiger partial charge in [0.15, 0.2) is 0 Å². The smallest absolute Gasteiger partial charge is 0.408 e. The summed E-state index contributed by atoms with van der Waals surface area (Å²) in [4.78, 5) is 37.1. The van der Waals surface area contributed by atoms with E-state index in [1.807, 2.05) is 36.6 Å². The third-order valence-electron chi connectivity index (χ3n) is 3.51. The maximum absolute atomic E-state index is 12.8. The van der Waals surface area contributed by atoms with Gasteiger partial charge in [-0.3, -0.25) is 4.79 Å². The summed E-state index contributed by atoms with van der Waals surface area (Å²) in [6.07, 6.45) is 1.40. The third-order valence-corrected chi connectivity index (χ3v) is 4.18. The first-order chi connectivity index (χ1) is 13.2. The molecule has 1 aromatic carbocycles. The molecular weight excluding hydrogens is 380 g/mol. The molecule has 28 heavy (non-hydrogen) atoms. The summed E-state index contributed by atoms with van der Waals surface area (Å²) in [7, 11) is 0. The normalized spacial score (nSPS) is 13.2. The maximum atomic E-state index is 12.8. The summed E-state index contributed by atoms with van der Waals surface area (Å²) in [6, 6.07) is 7.62. The van der Waals surface area contributed by atoms with Gasteiger partial charge in [0.05, 0.1) is 6.61 Å². The number of nitrogens with one attached hydrogen (secondary N) is 2. The Hall–Kier alpha value is -2.22. The van der Waals surface area contributed by atoms with E-state index >= 15 is 0 Å². The number of hydrogen-bond acceptors (Lipinski definition) is 6. The highest BCUT2D eigenvalue weighted by molar-refractivity contribution is 7.98. The molecule has 0 aliphatic carbocycles. The van der Waals surface area contributed by atoms with Crippen LogP contribution in [0.15, 0.2) is 30.3 Å². The van der Waals surface area contributed by atoms with E-state index in [1.54, 1.807) is 27.7 Å². The average Bonchev–Trinajstić information content (AvgIpc) is 2.60. The van der Waals surface area contributed by atoms with E-state index < -0.39 is 35.7 Å². The minimum Gasteiger partial charge on any atom is -0.464 e. The number of thioether (sulfide) groups is 1. The van der Waals surface area contributed by atoms with Crippen LogP contribution in [0.5, 0.6) is 0 Å². The number of ether oxygens (including phenoxy) is 2. The van der Waals surface area contributed by atoms with Gasteiger partial charge in [-0.1, -0.05) is 30.3 Å². The fourth-order valence-corrected chi connectivity index (χ4v) is 2.91. The van der Waals surface area contributed by atoms with Crippen LogP contribution in [0.4, 0.5) is 4.79 Å². The van der Waals surface area contributed by atoms with Crippen molar-refractivity contribution in [3.05, 3.63) is 35.9 Å². The molecule has 0 spiro atoms. The molecule has 0 aliphatic heterocycles. The number of alkyl carbamates (subject to hydrolysis) is 1. The lowest BCUT2D eigenvalue weighted by Gasteiger charge is -2.25. The van der Waals surface area contributed by atoms with Crippen LogP contribution in [0.2, 0.25) is 0 Å². The second-order valence-corrected chi connectivity index (χ2v) is 8.07. The summed E-state index contributed by atoms with van der Waals surface area (Å²) in [5.74, 6) is -0.600. The quantitative estimate of drug-likeness (QED) is 0.608. The molecule has 0 unspecified atom stereocenters. The van der Waals surface area contributed by atoms with Gasteiger partial charge < -0.3 is 20.1 Å². The second-order valence-electron chi connectivity index (χ2n) is 7.16. The van der Waals surface area contributed by atoms with Gasteiger partial charge in [-0.05, 0) is 39.5 Å². The molecule has 0 bridgehead atoms. The lowest BCUT2D eigenvalue weighted by Crippen LogP contribution is -2.54. The maximum Gasteiger partial charge on any atom is 0.408 e. The highest BCUT2D eigenvalue weighted by atomic mass is 32.2. The van der Waals surface area contributed by atoms with Crippen molar-refractivity contribution >= 4 is 29.7 Å². The van der Waals surface area contributed by atoms with E-state index in [2.05, 4.69) is 10.6 Å². The Balaban J connectivity index is 2.92. The standard InChI is InChI=1S/C20H30N2O5S/c1-6-26-18(24)16(13-28-5)21-17(23)15(12-14-10-8-7-9-11-14)22-19(25)27-20(2,3)4/h7-11,15-16H,6,12-13H2,1-5H3,(H,21,23)(H,22,25)/t15-,16-/m1/s1. The highest BCUT2D eigenvalue weighted by Crippen LogP contribution is 2.09. The summed E-state index contributed by atoms with van der Waals surface area (Å²) in [5.41, 5.74) is 0.181. The van der Waals surface area contributed by atoms with Gasteiger partial charge in [0.25, 0.3) is 0 Å². The number of esters is 1. The number of hydrogen-bond donors (Lipinski definition) is 2. The minimum atomic E-state index is -0.893. The Morgan fingerprint density at radius 1 is 1.07 bits per heavy atom. The molecule has 2 N–H and O–H groups in total. The Kier molecular flexibility index (Phi) is 9.85. The van der Waals surface area contributed by atoms with Crippen molar-refractivity contribution in [2.75, 3.05) is 18.6 Å². The fraction of sp³-hybridized carbons (Fsp3) is 0.550. The van der Waals surface area contributed by atoms with Crippen LogP contribution in [0.1, 0.15) is 33.3 Å². The molecule has 2 amide bonds. The van der Waals surface area contributed by atoms with E-state index in [-0.39, 0.29) is 13.0 Å². The van der Waals surface area contributed by atoms with Crippen molar-refractivity contribution in [3.8, 4) is 0 Å². The summed E-state index contributed by atoms with van der Waals surface area (Å²) in [6.45, 7) is 7.16. The number of carbonyl (C=O) groups is 3. The van der Waals surface area contributed by atoms with Crippen LogP contribution in [-0.4, -0.2) is 54.3 Å². The molecule has 156 valence electrons. The number of amides is 2. The van der Waals surface area contributed by atoms with Crippen molar-refractivity contribution < 1.29 is 23.9 Å². The molecule has 1 rings (SSSR count). The van der Waals surface area contributed by atoms with Crippen LogP contribution < -0.4 is 10.6 Å². The first-order valence-electron chi connectivity index (χ1n) is 9.15. The van der Waals surface area contributed by atoms with Gasteiger partial charge in [0.2, 0.25) is 5.91 Å². The average molecular weight is 411 g/mol. The first kappa shape index (κ1) is 23.8. The van der Waals surface area contributed by atoms with Gasteiger partial charge in [-0.25, -0.2) is 9.59 Å². The van der Waals surface area contributed by atoms with E-state index in [1.165, 1.54) is 11.8 Å². The zero-order valence-electron chi connectivity index (χ0n) is 17.1. The Morgan fingerprint density at radius 3 is 2.25 bits per heavy atom. The lowest BCUT2D eigenvalue weighted by molar-refractivity contribution is -0.146. The predicted molar refractivity (Wildman–Crippen MR) is 110 cm³/mol. The number of carbonyl (C=O) groups excluding carboxylic acids is 3.